The average Bonchev–Trinajstić information content (AvgIpc) is 2.31. The molecule has 0 aliphatic carbocycles. The van der Waals surface area contributed by atoms with Gasteiger partial charge in [0.2, 0.25) is 0 Å². The normalized spacial score (nSPS) is 12.3. The number of hydrogen-bond acceptors (Lipinski definition) is 0. The Morgan fingerprint density at radius 2 is 1.67 bits per heavy atom. The topological polar surface area (TPSA) is 0 Å². The summed E-state index contributed by atoms with van der Waals surface area (Å²) in [6.45, 7) is 2.27. The summed E-state index contributed by atoms with van der Waals surface area (Å²) in [6, 6.07) is 21.9. The predicted molar refractivity (Wildman–Crippen MR) is 63.8 cm³/mol. The van der Waals surface area contributed by atoms with E-state index in [2.05, 4.69) is 55.5 Å². The SMILES string of the molecule is CC(Cc1ccccc1)c1cc[c]cc1. The van der Waals surface area contributed by atoms with E-state index in [1.54, 1.807) is 0 Å². The van der Waals surface area contributed by atoms with E-state index in [1.807, 2.05) is 12.1 Å². The lowest BCUT2D eigenvalue weighted by Crippen LogP contribution is -1.97. The van der Waals surface area contributed by atoms with Crippen molar-refractivity contribution < 1.29 is 0 Å². The fraction of sp³-hybridized carbons (Fsp3) is 0.200. The molecule has 0 heteroatoms. The van der Waals surface area contributed by atoms with Crippen LogP contribution in [0.4, 0.5) is 0 Å². The highest BCUT2D eigenvalue weighted by molar-refractivity contribution is 5.23. The van der Waals surface area contributed by atoms with Crippen molar-refractivity contribution in [2.75, 3.05) is 0 Å². The van der Waals surface area contributed by atoms with Crippen molar-refractivity contribution >= 4 is 0 Å². The quantitative estimate of drug-likeness (QED) is 0.698. The molecule has 0 saturated heterocycles. The number of rotatable bonds is 3. The van der Waals surface area contributed by atoms with Gasteiger partial charge >= 0.3 is 0 Å². The van der Waals surface area contributed by atoms with E-state index in [9.17, 15) is 0 Å². The van der Waals surface area contributed by atoms with Gasteiger partial charge in [-0.15, -0.1) is 0 Å². The van der Waals surface area contributed by atoms with Gasteiger partial charge in [0.25, 0.3) is 0 Å². The molecule has 2 rings (SSSR count). The van der Waals surface area contributed by atoms with Crippen LogP contribution in [0.3, 0.4) is 0 Å². The molecule has 2 aromatic carbocycles. The second-order valence-corrected chi connectivity index (χ2v) is 3.92. The Balaban J connectivity index is 2.08. The van der Waals surface area contributed by atoms with Crippen molar-refractivity contribution in [1.82, 2.24) is 0 Å². The van der Waals surface area contributed by atoms with Crippen molar-refractivity contribution in [3.63, 3.8) is 0 Å². The minimum atomic E-state index is 0.571. The zero-order valence-corrected chi connectivity index (χ0v) is 8.98. The second kappa shape index (κ2) is 4.79. The van der Waals surface area contributed by atoms with Gasteiger partial charge in [-0.25, -0.2) is 0 Å². The molecule has 0 nitrogen and oxygen atoms in total. The number of hydrogen-bond donors (Lipinski definition) is 0. The molecule has 15 heavy (non-hydrogen) atoms. The highest BCUT2D eigenvalue weighted by atomic mass is 14.1. The van der Waals surface area contributed by atoms with Gasteiger partial charge in [-0.05, 0) is 29.5 Å². The smallest absolute Gasteiger partial charge is 0.0150 e. The Kier molecular flexibility index (Phi) is 3.18. The Morgan fingerprint density at radius 3 is 2.33 bits per heavy atom. The summed E-state index contributed by atoms with van der Waals surface area (Å²) in [7, 11) is 0. The summed E-state index contributed by atoms with van der Waals surface area (Å²) >= 11 is 0. The van der Waals surface area contributed by atoms with Gasteiger partial charge in [-0.2, -0.15) is 0 Å². The summed E-state index contributed by atoms with van der Waals surface area (Å²) in [4.78, 5) is 0. The first kappa shape index (κ1) is 9.97. The second-order valence-electron chi connectivity index (χ2n) is 3.92. The van der Waals surface area contributed by atoms with Crippen LogP contribution >= 0.6 is 0 Å². The number of benzene rings is 2. The van der Waals surface area contributed by atoms with Crippen LogP contribution in [-0.4, -0.2) is 0 Å². The molecule has 75 valence electrons. The summed E-state index contributed by atoms with van der Waals surface area (Å²) < 4.78 is 0. The van der Waals surface area contributed by atoms with Crippen LogP contribution in [0.1, 0.15) is 24.0 Å². The maximum Gasteiger partial charge on any atom is -0.0150 e. The third-order valence-corrected chi connectivity index (χ3v) is 2.70. The zero-order chi connectivity index (χ0) is 10.5. The van der Waals surface area contributed by atoms with E-state index in [0.717, 1.165) is 6.42 Å². The Hall–Kier alpha value is -1.56. The molecule has 0 bridgehead atoms. The van der Waals surface area contributed by atoms with Crippen molar-refractivity contribution in [2.24, 2.45) is 0 Å². The molecule has 0 aliphatic rings. The average molecular weight is 195 g/mol. The highest BCUT2D eigenvalue weighted by Crippen LogP contribution is 2.19. The van der Waals surface area contributed by atoms with Gasteiger partial charge in [-0.3, -0.25) is 0 Å². The minimum Gasteiger partial charge on any atom is -0.0622 e. The fourth-order valence-electron chi connectivity index (χ4n) is 1.81. The summed E-state index contributed by atoms with van der Waals surface area (Å²) in [5, 5.41) is 0. The molecule has 0 aliphatic heterocycles. The van der Waals surface area contributed by atoms with Crippen LogP contribution < -0.4 is 0 Å². The molecule has 0 spiro atoms. The third-order valence-electron chi connectivity index (χ3n) is 2.70. The zero-order valence-electron chi connectivity index (χ0n) is 8.98. The Morgan fingerprint density at radius 1 is 1.00 bits per heavy atom. The molecule has 0 saturated carbocycles. The van der Waals surface area contributed by atoms with Crippen molar-refractivity contribution in [3.8, 4) is 0 Å². The maximum absolute atomic E-state index is 3.05. The molecule has 0 fully saturated rings. The van der Waals surface area contributed by atoms with Gasteiger partial charge < -0.3 is 0 Å². The molecule has 0 heterocycles. The summed E-state index contributed by atoms with van der Waals surface area (Å²) in [5.74, 6) is 0.571. The third kappa shape index (κ3) is 2.69. The van der Waals surface area contributed by atoms with Crippen LogP contribution in [-0.2, 0) is 6.42 Å². The first-order valence-corrected chi connectivity index (χ1v) is 5.36. The van der Waals surface area contributed by atoms with E-state index < -0.39 is 0 Å². The monoisotopic (exact) mass is 195 g/mol. The minimum absolute atomic E-state index is 0.571. The van der Waals surface area contributed by atoms with Crippen molar-refractivity contribution in [2.45, 2.75) is 19.3 Å². The molecule has 1 atom stereocenters. The van der Waals surface area contributed by atoms with Crippen LogP contribution in [0.5, 0.6) is 0 Å². The van der Waals surface area contributed by atoms with E-state index in [1.165, 1.54) is 11.1 Å². The van der Waals surface area contributed by atoms with Gasteiger partial charge in [0.1, 0.15) is 0 Å². The molecule has 1 unspecified atom stereocenters. The van der Waals surface area contributed by atoms with E-state index in [0.29, 0.717) is 5.92 Å². The molecule has 0 amide bonds. The van der Waals surface area contributed by atoms with Gasteiger partial charge in [0.15, 0.2) is 0 Å². The van der Waals surface area contributed by atoms with Crippen molar-refractivity contribution in [1.29, 1.82) is 0 Å². The van der Waals surface area contributed by atoms with E-state index >= 15 is 0 Å². The van der Waals surface area contributed by atoms with E-state index in [4.69, 9.17) is 0 Å². The summed E-state index contributed by atoms with van der Waals surface area (Å²) in [5.41, 5.74) is 2.79. The summed E-state index contributed by atoms with van der Waals surface area (Å²) in [6.07, 6.45) is 1.10. The lowest BCUT2D eigenvalue weighted by atomic mass is 9.94. The first-order valence-electron chi connectivity index (χ1n) is 5.36. The van der Waals surface area contributed by atoms with Crippen LogP contribution in [0.2, 0.25) is 0 Å². The highest BCUT2D eigenvalue weighted by Gasteiger charge is 2.05. The Labute approximate surface area is 91.6 Å². The maximum atomic E-state index is 3.05. The van der Waals surface area contributed by atoms with Crippen LogP contribution in [0.15, 0.2) is 54.6 Å². The van der Waals surface area contributed by atoms with Gasteiger partial charge in [-0.1, -0.05) is 61.5 Å². The molecular weight excluding hydrogens is 180 g/mol. The predicted octanol–water partition coefficient (Wildman–Crippen LogP) is 3.83. The molecule has 0 aromatic heterocycles. The molecule has 0 N–H and O–H groups in total. The van der Waals surface area contributed by atoms with Gasteiger partial charge in [0, 0.05) is 0 Å². The standard InChI is InChI=1S/C15H15/c1-13(15-10-6-3-7-11-15)12-14-8-4-2-5-9-14/h2,4-11,13H,12H2,1H3. The Bertz CT molecular complexity index is 389. The van der Waals surface area contributed by atoms with E-state index in [-0.39, 0.29) is 0 Å². The lowest BCUT2D eigenvalue weighted by Gasteiger charge is -2.11. The van der Waals surface area contributed by atoms with Crippen molar-refractivity contribution in [3.05, 3.63) is 71.8 Å². The molecule has 1 radical (unpaired) electrons. The van der Waals surface area contributed by atoms with Crippen LogP contribution in [0, 0.1) is 6.07 Å². The first-order chi connectivity index (χ1) is 7.36. The molecular formula is C15H15. The van der Waals surface area contributed by atoms with Crippen LogP contribution in [0.25, 0.3) is 0 Å². The largest absolute Gasteiger partial charge is 0.0622 e. The lowest BCUT2D eigenvalue weighted by molar-refractivity contribution is 0.759. The molecule has 2 aromatic rings. The van der Waals surface area contributed by atoms with Gasteiger partial charge in [0.05, 0.1) is 0 Å². The fourth-order valence-corrected chi connectivity index (χ4v) is 1.81.